The highest BCUT2D eigenvalue weighted by molar-refractivity contribution is 5.96. The Hall–Kier alpha value is -1.10. The molecule has 0 aromatic heterocycles. The van der Waals surface area contributed by atoms with Crippen molar-refractivity contribution in [2.45, 2.75) is 6.42 Å². The van der Waals surface area contributed by atoms with E-state index in [1.807, 2.05) is 7.05 Å². The van der Waals surface area contributed by atoms with Crippen LogP contribution in [0, 0.1) is 0 Å². The van der Waals surface area contributed by atoms with Gasteiger partial charge in [0.2, 0.25) is 11.8 Å². The molecule has 0 aliphatic carbocycles. The second-order valence-corrected chi connectivity index (χ2v) is 3.33. The van der Waals surface area contributed by atoms with Crippen LogP contribution in [0.15, 0.2) is 0 Å². The Labute approximate surface area is 77.5 Å². The number of nitrogens with two attached hydrogens (primary N) is 1. The third-order valence-corrected chi connectivity index (χ3v) is 2.18. The third kappa shape index (κ3) is 3.02. The molecule has 1 aliphatic rings. The molecule has 1 rings (SSSR count). The summed E-state index contributed by atoms with van der Waals surface area (Å²) in [5.41, 5.74) is 4.93. The van der Waals surface area contributed by atoms with Crippen molar-refractivity contribution in [1.82, 2.24) is 9.80 Å². The fraction of sp³-hybridized carbons (Fsp3) is 0.750. The van der Waals surface area contributed by atoms with Gasteiger partial charge in [-0.3, -0.25) is 9.59 Å². The van der Waals surface area contributed by atoms with Crippen molar-refractivity contribution >= 4 is 11.8 Å². The van der Waals surface area contributed by atoms with Crippen LogP contribution in [0.5, 0.6) is 0 Å². The quantitative estimate of drug-likeness (QED) is 0.540. The van der Waals surface area contributed by atoms with Crippen molar-refractivity contribution in [3.05, 3.63) is 0 Å². The van der Waals surface area contributed by atoms with Gasteiger partial charge in [-0.1, -0.05) is 0 Å². The summed E-state index contributed by atoms with van der Waals surface area (Å²) in [5.74, 6) is -0.704. The highest BCUT2D eigenvalue weighted by atomic mass is 16.2. The summed E-state index contributed by atoms with van der Waals surface area (Å²) in [5, 5.41) is 0. The lowest BCUT2D eigenvalue weighted by molar-refractivity contribution is -0.136. The van der Waals surface area contributed by atoms with Crippen molar-refractivity contribution in [3.8, 4) is 0 Å². The van der Waals surface area contributed by atoms with E-state index in [9.17, 15) is 9.59 Å². The molecule has 13 heavy (non-hydrogen) atoms. The van der Waals surface area contributed by atoms with Crippen molar-refractivity contribution in [2.75, 3.05) is 33.2 Å². The largest absolute Gasteiger partial charge is 0.369 e. The number of carbonyl (C=O) groups excluding carboxylic acids is 2. The number of rotatable bonds is 2. The Balaban J connectivity index is 2.36. The first-order valence-electron chi connectivity index (χ1n) is 4.34. The smallest absolute Gasteiger partial charge is 0.232 e. The van der Waals surface area contributed by atoms with Gasteiger partial charge in [-0.15, -0.1) is 0 Å². The minimum atomic E-state index is -0.552. The van der Waals surface area contributed by atoms with Gasteiger partial charge in [0, 0.05) is 26.2 Å². The van der Waals surface area contributed by atoms with E-state index in [1.54, 1.807) is 4.90 Å². The zero-order chi connectivity index (χ0) is 9.84. The average Bonchev–Trinajstić information content (AvgIpc) is 2.04. The molecule has 0 bridgehead atoms. The fourth-order valence-electron chi connectivity index (χ4n) is 1.32. The minimum Gasteiger partial charge on any atom is -0.369 e. The zero-order valence-electron chi connectivity index (χ0n) is 7.82. The van der Waals surface area contributed by atoms with Crippen molar-refractivity contribution < 1.29 is 9.59 Å². The first-order chi connectivity index (χ1) is 6.09. The predicted molar refractivity (Wildman–Crippen MR) is 47.9 cm³/mol. The molecule has 2 N–H and O–H groups in total. The van der Waals surface area contributed by atoms with Crippen LogP contribution in [-0.2, 0) is 9.59 Å². The van der Waals surface area contributed by atoms with Gasteiger partial charge in [0.25, 0.3) is 0 Å². The molecule has 5 nitrogen and oxygen atoms in total. The summed E-state index contributed by atoms with van der Waals surface area (Å²) in [6.07, 6.45) is -0.163. The summed E-state index contributed by atoms with van der Waals surface area (Å²) in [6, 6.07) is 0. The van der Waals surface area contributed by atoms with E-state index in [4.69, 9.17) is 5.73 Å². The molecular weight excluding hydrogens is 170 g/mol. The van der Waals surface area contributed by atoms with E-state index in [-0.39, 0.29) is 12.3 Å². The van der Waals surface area contributed by atoms with Gasteiger partial charge in [-0.25, -0.2) is 0 Å². The normalized spacial score (nSPS) is 18.7. The number of likely N-dealkylation sites (N-methyl/N-ethyl adjacent to an activating group) is 1. The van der Waals surface area contributed by atoms with Crippen LogP contribution >= 0.6 is 0 Å². The van der Waals surface area contributed by atoms with Gasteiger partial charge in [0.15, 0.2) is 0 Å². The standard InChI is InChI=1S/C8H15N3O2/c1-10-2-4-11(5-3-10)8(13)6-7(9)12/h2-6H2,1H3,(H2,9,12). The number of piperazine rings is 1. The molecule has 1 fully saturated rings. The Morgan fingerprint density at radius 2 is 1.77 bits per heavy atom. The number of hydrogen-bond acceptors (Lipinski definition) is 3. The molecule has 0 aromatic rings. The summed E-state index contributed by atoms with van der Waals surface area (Å²) < 4.78 is 0. The molecule has 1 aliphatic heterocycles. The average molecular weight is 185 g/mol. The molecule has 5 heteroatoms. The molecule has 0 radical (unpaired) electrons. The van der Waals surface area contributed by atoms with Crippen molar-refractivity contribution in [2.24, 2.45) is 5.73 Å². The maximum absolute atomic E-state index is 11.3. The molecule has 74 valence electrons. The zero-order valence-corrected chi connectivity index (χ0v) is 7.82. The van der Waals surface area contributed by atoms with Gasteiger partial charge in [0.05, 0.1) is 0 Å². The van der Waals surface area contributed by atoms with E-state index in [0.29, 0.717) is 13.1 Å². The third-order valence-electron chi connectivity index (χ3n) is 2.18. The monoisotopic (exact) mass is 185 g/mol. The lowest BCUT2D eigenvalue weighted by atomic mass is 10.3. The van der Waals surface area contributed by atoms with Crippen LogP contribution in [0.1, 0.15) is 6.42 Å². The SMILES string of the molecule is CN1CCN(C(=O)CC(N)=O)CC1. The maximum Gasteiger partial charge on any atom is 0.232 e. The molecular formula is C8H15N3O2. The van der Waals surface area contributed by atoms with Crippen LogP contribution in [0.25, 0.3) is 0 Å². The van der Waals surface area contributed by atoms with Crippen molar-refractivity contribution in [1.29, 1.82) is 0 Å². The Morgan fingerprint density at radius 1 is 1.23 bits per heavy atom. The molecule has 0 atom stereocenters. The number of nitrogens with zero attached hydrogens (tertiary/aromatic N) is 2. The van der Waals surface area contributed by atoms with E-state index in [0.717, 1.165) is 13.1 Å². The lowest BCUT2D eigenvalue weighted by Crippen LogP contribution is -2.47. The van der Waals surface area contributed by atoms with Crippen LogP contribution in [-0.4, -0.2) is 54.8 Å². The van der Waals surface area contributed by atoms with E-state index < -0.39 is 5.91 Å². The summed E-state index contributed by atoms with van der Waals surface area (Å²) in [4.78, 5) is 25.6. The topological polar surface area (TPSA) is 66.6 Å². The second-order valence-electron chi connectivity index (χ2n) is 3.33. The number of hydrogen-bond donors (Lipinski definition) is 1. The summed E-state index contributed by atoms with van der Waals surface area (Å²) in [7, 11) is 2.01. The number of carbonyl (C=O) groups is 2. The Bertz CT molecular complexity index is 209. The fourth-order valence-corrected chi connectivity index (χ4v) is 1.32. The molecule has 0 spiro atoms. The molecule has 1 heterocycles. The second kappa shape index (κ2) is 4.23. The highest BCUT2D eigenvalue weighted by Crippen LogP contribution is 2.01. The lowest BCUT2D eigenvalue weighted by Gasteiger charge is -2.32. The van der Waals surface area contributed by atoms with E-state index >= 15 is 0 Å². The number of primary amides is 1. The first kappa shape index (κ1) is 9.98. The Kier molecular flexibility index (Phi) is 3.25. The first-order valence-corrected chi connectivity index (χ1v) is 4.34. The van der Waals surface area contributed by atoms with Gasteiger partial charge < -0.3 is 15.5 Å². The molecule has 1 saturated heterocycles. The summed E-state index contributed by atoms with van der Waals surface area (Å²) in [6.45, 7) is 3.13. The minimum absolute atomic E-state index is 0.152. The van der Waals surface area contributed by atoms with Gasteiger partial charge in [-0.2, -0.15) is 0 Å². The maximum atomic E-state index is 11.3. The molecule has 0 aromatic carbocycles. The van der Waals surface area contributed by atoms with Crippen LogP contribution < -0.4 is 5.73 Å². The summed E-state index contributed by atoms with van der Waals surface area (Å²) >= 11 is 0. The molecule has 2 amide bonds. The van der Waals surface area contributed by atoms with Crippen molar-refractivity contribution in [3.63, 3.8) is 0 Å². The number of amides is 2. The van der Waals surface area contributed by atoms with Gasteiger partial charge >= 0.3 is 0 Å². The predicted octanol–water partition coefficient (Wildman–Crippen LogP) is -1.36. The molecule has 0 saturated carbocycles. The van der Waals surface area contributed by atoms with Gasteiger partial charge in [-0.05, 0) is 7.05 Å². The Morgan fingerprint density at radius 3 is 2.23 bits per heavy atom. The van der Waals surface area contributed by atoms with Crippen LogP contribution in [0.3, 0.4) is 0 Å². The van der Waals surface area contributed by atoms with E-state index in [2.05, 4.69) is 4.90 Å². The molecule has 0 unspecified atom stereocenters. The van der Waals surface area contributed by atoms with E-state index in [1.165, 1.54) is 0 Å². The van der Waals surface area contributed by atoms with Crippen LogP contribution in [0.2, 0.25) is 0 Å². The van der Waals surface area contributed by atoms with Gasteiger partial charge in [0.1, 0.15) is 6.42 Å². The van der Waals surface area contributed by atoms with Crippen LogP contribution in [0.4, 0.5) is 0 Å². The highest BCUT2D eigenvalue weighted by Gasteiger charge is 2.19.